The van der Waals surface area contributed by atoms with Crippen LogP contribution >= 0.6 is 0 Å². The molecule has 1 aromatic rings. The molecular weight excluding hydrogens is 321 g/mol. The summed E-state index contributed by atoms with van der Waals surface area (Å²) in [6, 6.07) is 4.77. The van der Waals surface area contributed by atoms with Crippen molar-refractivity contribution in [1.29, 1.82) is 0 Å². The first-order valence-electron chi connectivity index (χ1n) is 7.57. The predicted octanol–water partition coefficient (Wildman–Crippen LogP) is 3.00. The molecule has 0 spiro atoms. The van der Waals surface area contributed by atoms with Gasteiger partial charge >= 0.3 is 6.09 Å². The van der Waals surface area contributed by atoms with Crippen LogP contribution in [0.15, 0.2) is 29.2 Å². The Morgan fingerprint density at radius 2 is 1.87 bits per heavy atom. The lowest BCUT2D eigenvalue weighted by Crippen LogP contribution is -2.47. The molecule has 1 heterocycles. The Hall–Kier alpha value is -1.63. The van der Waals surface area contributed by atoms with Gasteiger partial charge in [-0.3, -0.25) is 0 Å². The maximum absolute atomic E-state index is 13.0. The van der Waals surface area contributed by atoms with Crippen molar-refractivity contribution in [3.05, 3.63) is 30.1 Å². The predicted molar refractivity (Wildman–Crippen MR) is 84.4 cm³/mol. The third-order valence-electron chi connectivity index (χ3n) is 3.61. The number of rotatable bonds is 2. The van der Waals surface area contributed by atoms with Gasteiger partial charge in [-0.05, 0) is 57.9 Å². The summed E-state index contributed by atoms with van der Waals surface area (Å²) < 4.78 is 43.6. The number of carbonyl (C=O) groups excluding carboxylic acids is 1. The first kappa shape index (κ1) is 17.7. The molecule has 1 atom stereocenters. The number of halogens is 1. The minimum atomic E-state index is -3.61. The van der Waals surface area contributed by atoms with E-state index >= 15 is 0 Å². The summed E-state index contributed by atoms with van der Waals surface area (Å²) in [6.45, 7) is 5.86. The highest BCUT2D eigenvalue weighted by atomic mass is 32.2. The molecule has 128 valence electrons. The van der Waals surface area contributed by atoms with Gasteiger partial charge in [-0.25, -0.2) is 17.6 Å². The lowest BCUT2D eigenvalue weighted by atomic mass is 10.1. The molecule has 1 saturated heterocycles. The van der Waals surface area contributed by atoms with Crippen LogP contribution in [0.5, 0.6) is 0 Å². The van der Waals surface area contributed by atoms with E-state index in [4.69, 9.17) is 4.74 Å². The van der Waals surface area contributed by atoms with Gasteiger partial charge in [-0.2, -0.15) is 0 Å². The maximum atomic E-state index is 13.0. The molecule has 0 aromatic heterocycles. The molecule has 0 saturated carbocycles. The number of carbonyl (C=O) groups is 1. The average molecular weight is 343 g/mol. The van der Waals surface area contributed by atoms with Crippen molar-refractivity contribution in [1.82, 2.24) is 4.90 Å². The van der Waals surface area contributed by atoms with E-state index in [1.54, 1.807) is 20.8 Å². The Kier molecular flexibility index (Phi) is 4.98. The van der Waals surface area contributed by atoms with Gasteiger partial charge in [-0.1, -0.05) is 0 Å². The second-order valence-corrected chi connectivity index (χ2v) is 8.92. The SMILES string of the molecule is CC(C)(C)OC(=O)N1CCC[C@H](S(=O)(=O)c2ccc(F)cc2)C1. The van der Waals surface area contributed by atoms with Crippen LogP contribution in [-0.4, -0.2) is 43.4 Å². The topological polar surface area (TPSA) is 63.7 Å². The van der Waals surface area contributed by atoms with Crippen LogP contribution in [-0.2, 0) is 14.6 Å². The van der Waals surface area contributed by atoms with E-state index in [2.05, 4.69) is 0 Å². The number of sulfone groups is 1. The van der Waals surface area contributed by atoms with E-state index in [9.17, 15) is 17.6 Å². The molecule has 1 fully saturated rings. The number of amides is 1. The van der Waals surface area contributed by atoms with E-state index in [0.717, 1.165) is 12.1 Å². The molecule has 0 N–H and O–H groups in total. The first-order valence-corrected chi connectivity index (χ1v) is 9.11. The van der Waals surface area contributed by atoms with Crippen molar-refractivity contribution < 1.29 is 22.3 Å². The van der Waals surface area contributed by atoms with Gasteiger partial charge in [0, 0.05) is 13.1 Å². The van der Waals surface area contributed by atoms with Crippen LogP contribution in [0.4, 0.5) is 9.18 Å². The van der Waals surface area contributed by atoms with Gasteiger partial charge in [0.1, 0.15) is 11.4 Å². The van der Waals surface area contributed by atoms with Crippen LogP contribution in [0.2, 0.25) is 0 Å². The number of ether oxygens (including phenoxy) is 1. The number of benzene rings is 1. The zero-order valence-electron chi connectivity index (χ0n) is 13.6. The second-order valence-electron chi connectivity index (χ2n) is 6.69. The zero-order chi connectivity index (χ0) is 17.3. The van der Waals surface area contributed by atoms with Gasteiger partial charge in [0.25, 0.3) is 0 Å². The van der Waals surface area contributed by atoms with E-state index in [1.807, 2.05) is 0 Å². The fourth-order valence-electron chi connectivity index (χ4n) is 2.50. The molecule has 7 heteroatoms. The molecule has 1 amide bonds. The quantitative estimate of drug-likeness (QED) is 0.775. The van der Waals surface area contributed by atoms with Crippen LogP contribution in [0.25, 0.3) is 0 Å². The van der Waals surface area contributed by atoms with Gasteiger partial charge in [0.2, 0.25) is 0 Å². The fraction of sp³-hybridized carbons (Fsp3) is 0.562. The smallest absolute Gasteiger partial charge is 0.410 e. The van der Waals surface area contributed by atoms with Gasteiger partial charge in [-0.15, -0.1) is 0 Å². The molecule has 1 aliphatic heterocycles. The van der Waals surface area contributed by atoms with Crippen molar-refractivity contribution in [3.63, 3.8) is 0 Å². The summed E-state index contributed by atoms with van der Waals surface area (Å²) in [5, 5.41) is -0.700. The number of piperidine rings is 1. The normalized spacial score (nSPS) is 19.5. The van der Waals surface area contributed by atoms with Crippen molar-refractivity contribution in [2.24, 2.45) is 0 Å². The number of hydrogen-bond donors (Lipinski definition) is 0. The molecule has 1 aliphatic rings. The Labute approximate surface area is 136 Å². The van der Waals surface area contributed by atoms with Gasteiger partial charge in [0.15, 0.2) is 9.84 Å². The molecule has 0 unspecified atom stereocenters. The summed E-state index contributed by atoms with van der Waals surface area (Å²) in [5.74, 6) is -0.483. The molecule has 5 nitrogen and oxygen atoms in total. The summed E-state index contributed by atoms with van der Waals surface area (Å²) >= 11 is 0. The van der Waals surface area contributed by atoms with Crippen LogP contribution in [0, 0.1) is 5.82 Å². The maximum Gasteiger partial charge on any atom is 0.410 e. The molecule has 2 rings (SSSR count). The monoisotopic (exact) mass is 343 g/mol. The second kappa shape index (κ2) is 6.47. The summed E-state index contributed by atoms with van der Waals surface area (Å²) in [4.78, 5) is 13.6. The highest BCUT2D eigenvalue weighted by molar-refractivity contribution is 7.92. The molecule has 1 aromatic carbocycles. The molecular formula is C16H22FNO4S. The minimum Gasteiger partial charge on any atom is -0.444 e. The van der Waals surface area contributed by atoms with E-state index in [-0.39, 0.29) is 11.4 Å². The van der Waals surface area contributed by atoms with Gasteiger partial charge in [0.05, 0.1) is 10.1 Å². The van der Waals surface area contributed by atoms with Crippen molar-refractivity contribution in [2.45, 2.75) is 49.4 Å². The van der Waals surface area contributed by atoms with E-state index in [1.165, 1.54) is 17.0 Å². The Balaban J connectivity index is 2.14. The van der Waals surface area contributed by atoms with Gasteiger partial charge < -0.3 is 9.64 Å². The zero-order valence-corrected chi connectivity index (χ0v) is 14.4. The molecule has 0 bridgehead atoms. The lowest BCUT2D eigenvalue weighted by Gasteiger charge is -2.33. The minimum absolute atomic E-state index is 0.0786. The van der Waals surface area contributed by atoms with Crippen molar-refractivity contribution in [2.75, 3.05) is 13.1 Å². The first-order chi connectivity index (χ1) is 10.6. The van der Waals surface area contributed by atoms with Crippen LogP contribution in [0.3, 0.4) is 0 Å². The van der Waals surface area contributed by atoms with E-state index in [0.29, 0.717) is 19.4 Å². The highest BCUT2D eigenvalue weighted by Crippen LogP contribution is 2.25. The third kappa shape index (κ3) is 4.43. The standard InChI is InChI=1S/C16H22FNO4S/c1-16(2,3)22-15(19)18-10-4-5-14(11-18)23(20,21)13-8-6-12(17)7-9-13/h6-9,14H,4-5,10-11H2,1-3H3/t14-/m0/s1. The Bertz CT molecular complexity index is 664. The lowest BCUT2D eigenvalue weighted by molar-refractivity contribution is 0.0219. The summed E-state index contributed by atoms with van der Waals surface area (Å²) in [6.07, 6.45) is 0.556. The van der Waals surface area contributed by atoms with Crippen LogP contribution < -0.4 is 0 Å². The fourth-order valence-corrected chi connectivity index (χ4v) is 4.25. The van der Waals surface area contributed by atoms with Crippen LogP contribution in [0.1, 0.15) is 33.6 Å². The number of likely N-dealkylation sites (tertiary alicyclic amines) is 1. The number of nitrogens with zero attached hydrogens (tertiary/aromatic N) is 1. The molecule has 0 aliphatic carbocycles. The van der Waals surface area contributed by atoms with Crippen molar-refractivity contribution >= 4 is 15.9 Å². The number of hydrogen-bond acceptors (Lipinski definition) is 4. The highest BCUT2D eigenvalue weighted by Gasteiger charge is 2.35. The summed E-state index contributed by atoms with van der Waals surface area (Å²) in [7, 11) is -3.61. The molecule has 0 radical (unpaired) electrons. The summed E-state index contributed by atoms with van der Waals surface area (Å²) in [5.41, 5.74) is -0.625. The average Bonchev–Trinajstić information content (AvgIpc) is 2.46. The Morgan fingerprint density at radius 1 is 1.26 bits per heavy atom. The third-order valence-corrected chi connectivity index (χ3v) is 5.80. The van der Waals surface area contributed by atoms with E-state index < -0.39 is 32.6 Å². The van der Waals surface area contributed by atoms with Crippen molar-refractivity contribution in [3.8, 4) is 0 Å². The largest absolute Gasteiger partial charge is 0.444 e. The Morgan fingerprint density at radius 3 is 2.43 bits per heavy atom. The molecule has 23 heavy (non-hydrogen) atoms.